The van der Waals surface area contributed by atoms with Gasteiger partial charge in [0.15, 0.2) is 6.61 Å². The number of benzene rings is 2. The number of rotatable bonds is 4. The summed E-state index contributed by atoms with van der Waals surface area (Å²) in [5.41, 5.74) is 4.95. The van der Waals surface area contributed by atoms with Gasteiger partial charge in [0, 0.05) is 5.56 Å². The molecule has 0 unspecified atom stereocenters. The van der Waals surface area contributed by atoms with E-state index in [9.17, 15) is 0 Å². The molecule has 0 saturated carbocycles. The van der Waals surface area contributed by atoms with E-state index in [0.717, 1.165) is 23.3 Å². The van der Waals surface area contributed by atoms with Crippen LogP contribution in [-0.2, 0) is 19.4 Å². The van der Waals surface area contributed by atoms with Crippen LogP contribution in [0.5, 0.6) is 5.75 Å². The van der Waals surface area contributed by atoms with Crippen LogP contribution in [0.25, 0.3) is 11.4 Å². The van der Waals surface area contributed by atoms with E-state index in [2.05, 4.69) is 22.3 Å². The van der Waals surface area contributed by atoms with Gasteiger partial charge >= 0.3 is 0 Å². The number of aryl methyl sites for hydroxylation is 3. The molecule has 23 heavy (non-hydrogen) atoms. The molecule has 1 heterocycles. The van der Waals surface area contributed by atoms with Crippen molar-refractivity contribution in [2.24, 2.45) is 0 Å². The summed E-state index contributed by atoms with van der Waals surface area (Å²) in [4.78, 5) is 4.43. The first-order chi connectivity index (χ1) is 11.3. The highest BCUT2D eigenvalue weighted by atomic mass is 16.5. The highest BCUT2D eigenvalue weighted by Crippen LogP contribution is 2.26. The summed E-state index contributed by atoms with van der Waals surface area (Å²) in [6.07, 6.45) is 3.56. The van der Waals surface area contributed by atoms with Crippen molar-refractivity contribution < 1.29 is 9.26 Å². The van der Waals surface area contributed by atoms with Gasteiger partial charge in [0.1, 0.15) is 5.75 Å². The number of hydrogen-bond donors (Lipinski definition) is 0. The van der Waals surface area contributed by atoms with Gasteiger partial charge in [-0.3, -0.25) is 0 Å². The zero-order valence-corrected chi connectivity index (χ0v) is 13.1. The standard InChI is InChI=1S/C19H18N2O2/c1-13-5-2-3-8-17(13)19-20-18(23-21-19)12-22-16-10-9-14-6-4-7-15(14)11-16/h2-3,5,8-11H,4,6-7,12H2,1H3. The van der Waals surface area contributed by atoms with E-state index < -0.39 is 0 Å². The molecule has 0 fully saturated rings. The van der Waals surface area contributed by atoms with Crippen LogP contribution in [0.2, 0.25) is 0 Å². The molecule has 0 bridgehead atoms. The zero-order chi connectivity index (χ0) is 15.6. The number of aromatic nitrogens is 2. The number of fused-ring (bicyclic) bond motifs is 1. The molecule has 0 N–H and O–H groups in total. The summed E-state index contributed by atoms with van der Waals surface area (Å²) >= 11 is 0. The van der Waals surface area contributed by atoms with Crippen LogP contribution in [0.3, 0.4) is 0 Å². The summed E-state index contributed by atoms with van der Waals surface area (Å²) in [5.74, 6) is 1.96. The third kappa shape index (κ3) is 2.84. The molecular formula is C19H18N2O2. The smallest absolute Gasteiger partial charge is 0.264 e. The molecule has 1 aliphatic rings. The maximum atomic E-state index is 5.80. The van der Waals surface area contributed by atoms with Gasteiger partial charge in [-0.05, 0) is 55.0 Å². The second-order valence-electron chi connectivity index (χ2n) is 5.90. The van der Waals surface area contributed by atoms with Crippen molar-refractivity contribution in [3.63, 3.8) is 0 Å². The van der Waals surface area contributed by atoms with Crippen molar-refractivity contribution in [2.45, 2.75) is 32.8 Å². The average molecular weight is 306 g/mol. The molecule has 1 aliphatic carbocycles. The van der Waals surface area contributed by atoms with E-state index >= 15 is 0 Å². The van der Waals surface area contributed by atoms with Gasteiger partial charge in [0.2, 0.25) is 5.82 Å². The predicted molar refractivity (Wildman–Crippen MR) is 87.3 cm³/mol. The second-order valence-corrected chi connectivity index (χ2v) is 5.90. The second kappa shape index (κ2) is 5.88. The Morgan fingerprint density at radius 1 is 1.09 bits per heavy atom. The summed E-state index contributed by atoms with van der Waals surface area (Å²) in [6.45, 7) is 2.32. The molecule has 4 nitrogen and oxygen atoms in total. The van der Waals surface area contributed by atoms with Gasteiger partial charge in [-0.25, -0.2) is 0 Å². The Hall–Kier alpha value is -2.62. The molecule has 0 atom stereocenters. The summed E-state index contributed by atoms with van der Waals surface area (Å²) < 4.78 is 11.1. The van der Waals surface area contributed by atoms with Gasteiger partial charge in [-0.2, -0.15) is 4.98 Å². The van der Waals surface area contributed by atoms with Crippen LogP contribution in [0.4, 0.5) is 0 Å². The summed E-state index contributed by atoms with van der Waals surface area (Å²) in [6, 6.07) is 14.3. The minimum atomic E-state index is 0.289. The number of ether oxygens (including phenoxy) is 1. The molecule has 0 saturated heterocycles. The van der Waals surface area contributed by atoms with Crippen molar-refractivity contribution in [3.05, 3.63) is 65.0 Å². The summed E-state index contributed by atoms with van der Waals surface area (Å²) in [7, 11) is 0. The quantitative estimate of drug-likeness (QED) is 0.727. The van der Waals surface area contributed by atoms with Crippen molar-refractivity contribution in [3.8, 4) is 17.1 Å². The van der Waals surface area contributed by atoms with E-state index in [4.69, 9.17) is 9.26 Å². The van der Waals surface area contributed by atoms with Crippen molar-refractivity contribution >= 4 is 0 Å². The van der Waals surface area contributed by atoms with E-state index in [0.29, 0.717) is 11.7 Å². The lowest BCUT2D eigenvalue weighted by atomic mass is 10.1. The molecule has 2 aromatic carbocycles. The normalized spacial score (nSPS) is 13.1. The molecule has 0 radical (unpaired) electrons. The van der Waals surface area contributed by atoms with Crippen LogP contribution in [0.15, 0.2) is 47.0 Å². The predicted octanol–water partition coefficient (Wildman–Crippen LogP) is 4.11. The zero-order valence-electron chi connectivity index (χ0n) is 13.1. The van der Waals surface area contributed by atoms with Crippen LogP contribution in [0.1, 0.15) is 29.0 Å². The Kier molecular flexibility index (Phi) is 3.58. The molecule has 0 spiro atoms. The van der Waals surface area contributed by atoms with Crippen molar-refractivity contribution in [2.75, 3.05) is 0 Å². The Bertz CT molecular complexity index is 839. The Morgan fingerprint density at radius 2 is 1.96 bits per heavy atom. The van der Waals surface area contributed by atoms with Gasteiger partial charge in [-0.1, -0.05) is 35.5 Å². The van der Waals surface area contributed by atoms with Crippen LogP contribution in [-0.4, -0.2) is 10.1 Å². The lowest BCUT2D eigenvalue weighted by Crippen LogP contribution is -1.96. The van der Waals surface area contributed by atoms with Crippen LogP contribution in [0, 0.1) is 6.92 Å². The molecule has 4 heteroatoms. The number of hydrogen-bond acceptors (Lipinski definition) is 4. The lowest BCUT2D eigenvalue weighted by molar-refractivity contribution is 0.243. The first-order valence-corrected chi connectivity index (χ1v) is 7.93. The Morgan fingerprint density at radius 3 is 2.87 bits per heavy atom. The third-order valence-electron chi connectivity index (χ3n) is 4.29. The van der Waals surface area contributed by atoms with Gasteiger partial charge in [-0.15, -0.1) is 0 Å². The first-order valence-electron chi connectivity index (χ1n) is 7.93. The molecule has 0 aliphatic heterocycles. The average Bonchev–Trinajstić information content (AvgIpc) is 3.22. The van der Waals surface area contributed by atoms with Gasteiger partial charge < -0.3 is 9.26 Å². The molecular weight excluding hydrogens is 288 g/mol. The molecule has 116 valence electrons. The molecule has 3 aromatic rings. The third-order valence-corrected chi connectivity index (χ3v) is 4.29. The minimum Gasteiger partial charge on any atom is -0.484 e. The summed E-state index contributed by atoms with van der Waals surface area (Å²) in [5, 5.41) is 4.05. The van der Waals surface area contributed by atoms with Gasteiger partial charge in [0.25, 0.3) is 5.89 Å². The lowest BCUT2D eigenvalue weighted by Gasteiger charge is -2.05. The Balaban J connectivity index is 1.47. The van der Waals surface area contributed by atoms with E-state index in [1.54, 1.807) is 0 Å². The van der Waals surface area contributed by atoms with Crippen molar-refractivity contribution in [1.29, 1.82) is 0 Å². The fourth-order valence-corrected chi connectivity index (χ4v) is 3.03. The largest absolute Gasteiger partial charge is 0.484 e. The van der Waals surface area contributed by atoms with E-state index in [1.807, 2.05) is 37.3 Å². The topological polar surface area (TPSA) is 48.2 Å². The van der Waals surface area contributed by atoms with Gasteiger partial charge in [0.05, 0.1) is 0 Å². The Labute approximate surface area is 135 Å². The fourth-order valence-electron chi connectivity index (χ4n) is 3.03. The maximum Gasteiger partial charge on any atom is 0.264 e. The highest BCUT2D eigenvalue weighted by molar-refractivity contribution is 5.58. The molecule has 1 aromatic heterocycles. The van der Waals surface area contributed by atoms with E-state index in [1.165, 1.54) is 24.0 Å². The van der Waals surface area contributed by atoms with Crippen molar-refractivity contribution in [1.82, 2.24) is 10.1 Å². The highest BCUT2D eigenvalue weighted by Gasteiger charge is 2.13. The van der Waals surface area contributed by atoms with Crippen LogP contribution >= 0.6 is 0 Å². The van der Waals surface area contributed by atoms with Crippen LogP contribution < -0.4 is 4.74 Å². The molecule has 0 amide bonds. The monoisotopic (exact) mass is 306 g/mol. The maximum absolute atomic E-state index is 5.80. The first kappa shape index (κ1) is 14.0. The number of nitrogens with zero attached hydrogens (tertiary/aromatic N) is 2. The SMILES string of the molecule is Cc1ccccc1-c1noc(COc2ccc3c(c2)CCC3)n1. The van der Waals surface area contributed by atoms with E-state index in [-0.39, 0.29) is 6.61 Å². The minimum absolute atomic E-state index is 0.289. The molecule has 4 rings (SSSR count). The fraction of sp³-hybridized carbons (Fsp3) is 0.263.